The fraction of sp³-hybridized carbons (Fsp3) is 0.800. The van der Waals surface area contributed by atoms with E-state index in [1.54, 1.807) is 0 Å². The average Bonchev–Trinajstić information content (AvgIpc) is 1.61. The summed E-state index contributed by atoms with van der Waals surface area (Å²) in [5, 5.41) is 0. The number of unbranched alkanes of at least 4 members (excludes halogenated alkanes) is 1. The Hall–Kier alpha value is 1.26. The number of hydrogen-bond donors (Lipinski definition) is 1. The Morgan fingerprint density at radius 1 is 1.62 bits per heavy atom. The molecule has 0 nitrogen and oxygen atoms in total. The Kier molecular flexibility index (Phi) is 12.4. The predicted molar refractivity (Wildman–Crippen MR) is 51.0 cm³/mol. The molecule has 0 unspecified atom stereocenters. The second-order valence-electron chi connectivity index (χ2n) is 1.50. The van der Waals surface area contributed by atoms with E-state index in [4.69, 9.17) is 12.2 Å². The van der Waals surface area contributed by atoms with Crippen molar-refractivity contribution in [2.24, 2.45) is 0 Å². The van der Waals surface area contributed by atoms with Crippen LogP contribution in [0.15, 0.2) is 0 Å². The quantitative estimate of drug-likeness (QED) is 0.452. The Balaban J connectivity index is 0. The Morgan fingerprint density at radius 3 is 2.25 bits per heavy atom. The van der Waals surface area contributed by atoms with Crippen molar-refractivity contribution in [2.75, 3.05) is 0 Å². The molecule has 0 atom stereocenters. The number of hydrogen-bond acceptors (Lipinski definition) is 1. The van der Waals surface area contributed by atoms with Crippen LogP contribution in [0.2, 0.25) is 0 Å². The van der Waals surface area contributed by atoms with Gasteiger partial charge in [-0.05, 0) is 12.8 Å². The van der Waals surface area contributed by atoms with E-state index in [1.807, 2.05) is 0 Å². The summed E-state index contributed by atoms with van der Waals surface area (Å²) < 4.78 is 0.835. The topological polar surface area (TPSA) is 0 Å². The summed E-state index contributed by atoms with van der Waals surface area (Å²) in [4.78, 5) is 0. The van der Waals surface area contributed by atoms with E-state index in [0.717, 1.165) is 10.6 Å². The summed E-state index contributed by atoms with van der Waals surface area (Å²) in [5.41, 5.74) is 0. The molecule has 8 heavy (non-hydrogen) atoms. The van der Waals surface area contributed by atoms with Gasteiger partial charge in [-0.2, -0.15) is 0 Å². The molecule has 3 heteroatoms. The zero-order valence-electron chi connectivity index (χ0n) is 5.18. The fourth-order valence-corrected chi connectivity index (χ4v) is 0.630. The molecule has 0 aromatic carbocycles. The van der Waals surface area contributed by atoms with Gasteiger partial charge in [0, 0.05) is 4.20 Å². The molecule has 0 heterocycles. The SMILES string of the molecule is CCCCC(=S)S.[SbH3]. The first-order valence-electron chi connectivity index (χ1n) is 2.49. The molecular formula is C5H13S2Sb. The first-order valence-corrected chi connectivity index (χ1v) is 3.34. The molecule has 0 aliphatic heterocycles. The van der Waals surface area contributed by atoms with Crippen molar-refractivity contribution < 1.29 is 0 Å². The molecule has 0 aromatic rings. The van der Waals surface area contributed by atoms with Gasteiger partial charge in [0.1, 0.15) is 0 Å². The van der Waals surface area contributed by atoms with Gasteiger partial charge in [0.25, 0.3) is 0 Å². The maximum absolute atomic E-state index is 4.73. The van der Waals surface area contributed by atoms with Gasteiger partial charge in [-0.15, -0.1) is 12.6 Å². The predicted octanol–water partition coefficient (Wildman–Crippen LogP) is 1.25. The van der Waals surface area contributed by atoms with Crippen LogP contribution in [0, 0.1) is 0 Å². The van der Waals surface area contributed by atoms with Crippen LogP contribution in [0.3, 0.4) is 0 Å². The summed E-state index contributed by atoms with van der Waals surface area (Å²) in [7, 11) is 0. The monoisotopic (exact) mass is 258 g/mol. The van der Waals surface area contributed by atoms with Crippen molar-refractivity contribution in [1.29, 1.82) is 0 Å². The zero-order valence-corrected chi connectivity index (χ0v) is 10.9. The molecule has 0 aliphatic rings. The maximum atomic E-state index is 4.73. The van der Waals surface area contributed by atoms with Crippen LogP contribution in [0.25, 0.3) is 0 Å². The van der Waals surface area contributed by atoms with E-state index >= 15 is 0 Å². The molecular weight excluding hydrogens is 246 g/mol. The van der Waals surface area contributed by atoms with Crippen LogP contribution in [-0.4, -0.2) is 28.6 Å². The van der Waals surface area contributed by atoms with Gasteiger partial charge in [0.15, 0.2) is 0 Å². The van der Waals surface area contributed by atoms with Crippen LogP contribution < -0.4 is 0 Å². The second kappa shape index (κ2) is 8.26. The molecule has 50 valence electrons. The number of thiocarbonyl (C=S) groups is 1. The van der Waals surface area contributed by atoms with Gasteiger partial charge in [0.05, 0.1) is 0 Å². The second-order valence-corrected chi connectivity index (χ2v) is 2.83. The molecule has 0 rings (SSSR count). The van der Waals surface area contributed by atoms with Crippen LogP contribution in [0.1, 0.15) is 26.2 Å². The Labute approximate surface area is 79.3 Å². The fourth-order valence-electron chi connectivity index (χ4n) is 0.328. The van der Waals surface area contributed by atoms with Crippen molar-refractivity contribution in [3.63, 3.8) is 0 Å². The Morgan fingerprint density at radius 2 is 2.12 bits per heavy atom. The van der Waals surface area contributed by atoms with Crippen LogP contribution in [-0.2, 0) is 0 Å². The normalized spacial score (nSPS) is 7.75. The van der Waals surface area contributed by atoms with Crippen molar-refractivity contribution >= 4 is 53.5 Å². The van der Waals surface area contributed by atoms with E-state index in [-0.39, 0.29) is 24.4 Å². The van der Waals surface area contributed by atoms with Crippen molar-refractivity contribution in [2.45, 2.75) is 26.2 Å². The van der Waals surface area contributed by atoms with Crippen LogP contribution in [0.5, 0.6) is 0 Å². The third kappa shape index (κ3) is 10.3. The van der Waals surface area contributed by atoms with Gasteiger partial charge in [-0.3, -0.25) is 0 Å². The molecule has 0 bridgehead atoms. The minimum absolute atomic E-state index is 0. The van der Waals surface area contributed by atoms with Gasteiger partial charge < -0.3 is 0 Å². The van der Waals surface area contributed by atoms with E-state index < -0.39 is 0 Å². The van der Waals surface area contributed by atoms with E-state index in [1.165, 1.54) is 12.8 Å². The third-order valence-electron chi connectivity index (χ3n) is 0.744. The van der Waals surface area contributed by atoms with Crippen LogP contribution in [0.4, 0.5) is 0 Å². The molecule has 0 N–H and O–H groups in total. The van der Waals surface area contributed by atoms with Crippen molar-refractivity contribution in [3.05, 3.63) is 0 Å². The molecule has 0 aliphatic carbocycles. The summed E-state index contributed by atoms with van der Waals surface area (Å²) in [6.07, 6.45) is 3.39. The summed E-state index contributed by atoms with van der Waals surface area (Å²) in [6.45, 7) is 2.14. The van der Waals surface area contributed by atoms with Gasteiger partial charge in [0.2, 0.25) is 0 Å². The first kappa shape index (κ1) is 12.0. The third-order valence-corrected chi connectivity index (χ3v) is 1.17. The Bertz CT molecular complexity index is 63.4. The molecule has 0 fully saturated rings. The van der Waals surface area contributed by atoms with Gasteiger partial charge >= 0.3 is 24.4 Å². The van der Waals surface area contributed by atoms with Gasteiger partial charge in [-0.25, -0.2) is 0 Å². The minimum atomic E-state index is 0. The number of rotatable bonds is 3. The summed E-state index contributed by atoms with van der Waals surface area (Å²) in [5.74, 6) is 0. The summed E-state index contributed by atoms with van der Waals surface area (Å²) >= 11 is 8.69. The van der Waals surface area contributed by atoms with E-state index in [9.17, 15) is 0 Å². The first-order chi connectivity index (χ1) is 3.27. The molecule has 0 radical (unpaired) electrons. The molecule has 0 saturated carbocycles. The van der Waals surface area contributed by atoms with E-state index in [0.29, 0.717) is 0 Å². The standard InChI is InChI=1S/C5H10S2.Sb.3H/c1-2-3-4-5(6)7;;;;/h2-4H2,1H3,(H,6,7);;;;. The van der Waals surface area contributed by atoms with Gasteiger partial charge in [-0.1, -0.05) is 25.6 Å². The molecule has 0 amide bonds. The van der Waals surface area contributed by atoms with Crippen molar-refractivity contribution in [3.8, 4) is 0 Å². The van der Waals surface area contributed by atoms with Crippen molar-refractivity contribution in [1.82, 2.24) is 0 Å². The van der Waals surface area contributed by atoms with E-state index in [2.05, 4.69) is 19.6 Å². The molecule has 0 spiro atoms. The van der Waals surface area contributed by atoms with Crippen LogP contribution >= 0.6 is 24.8 Å². The molecule has 0 saturated heterocycles. The number of thiol groups is 1. The zero-order chi connectivity index (χ0) is 5.70. The molecule has 0 aromatic heterocycles. The average molecular weight is 259 g/mol. The summed E-state index contributed by atoms with van der Waals surface area (Å²) in [6, 6.07) is 0.